The molecule has 0 radical (unpaired) electrons. The van der Waals surface area contributed by atoms with Crippen molar-refractivity contribution in [3.63, 3.8) is 0 Å². The molecule has 2 aliphatic carbocycles. The highest BCUT2D eigenvalue weighted by Crippen LogP contribution is 2.45. The molecule has 2 aliphatic rings. The molecule has 0 aliphatic heterocycles. The molecule has 2 aromatic carbocycles. The molecule has 4 rings (SSSR count). The van der Waals surface area contributed by atoms with Crippen LogP contribution in [0.25, 0.3) is 11.1 Å². The summed E-state index contributed by atoms with van der Waals surface area (Å²) >= 11 is 0. The number of hydrogen-bond donors (Lipinski definition) is 2. The van der Waals surface area contributed by atoms with Gasteiger partial charge in [0.15, 0.2) is 0 Å². The molecule has 0 saturated carbocycles. The number of nitrogens with zero attached hydrogens (tertiary/aromatic N) is 1. The third-order valence-electron chi connectivity index (χ3n) is 5.27. The van der Waals surface area contributed by atoms with E-state index in [1.807, 2.05) is 18.8 Å². The van der Waals surface area contributed by atoms with Gasteiger partial charge < -0.3 is 10.2 Å². The second kappa shape index (κ2) is 8.41. The molecule has 1 unspecified atom stereocenters. The average molecular weight is 371 g/mol. The number of phenols is 2. The highest BCUT2D eigenvalue weighted by Gasteiger charge is 2.24. The third kappa shape index (κ3) is 4.05. The van der Waals surface area contributed by atoms with Crippen molar-refractivity contribution in [2.24, 2.45) is 0 Å². The van der Waals surface area contributed by atoms with Gasteiger partial charge in [-0.3, -0.25) is 4.67 Å². The van der Waals surface area contributed by atoms with Crippen LogP contribution < -0.4 is 0 Å². The molecule has 0 saturated heterocycles. The van der Waals surface area contributed by atoms with Crippen LogP contribution in [0.15, 0.2) is 24.3 Å². The van der Waals surface area contributed by atoms with E-state index >= 15 is 0 Å². The summed E-state index contributed by atoms with van der Waals surface area (Å²) < 4.78 is 1.92. The number of aryl methyl sites for hydroxylation is 2. The summed E-state index contributed by atoms with van der Waals surface area (Å²) in [5, 5.41) is 21.1. The monoisotopic (exact) mass is 371 g/mol. The van der Waals surface area contributed by atoms with Gasteiger partial charge in [-0.1, -0.05) is 21.5 Å². The number of fused-ring (bicyclic) bond motifs is 2. The fourth-order valence-corrected chi connectivity index (χ4v) is 4.19. The Bertz CT molecular complexity index is 720. The van der Waals surface area contributed by atoms with Crippen molar-refractivity contribution in [2.45, 2.75) is 51.4 Å². The Balaban J connectivity index is 0.000000447. The fraction of sp³-hybridized carbons (Fsp3) is 0.455. The van der Waals surface area contributed by atoms with Crippen molar-refractivity contribution in [3.05, 3.63) is 46.5 Å². The smallest absolute Gasteiger partial charge is 0.123 e. The molecular weight excluding hydrogens is 341 g/mol. The van der Waals surface area contributed by atoms with E-state index in [1.54, 1.807) is 12.1 Å². The molecule has 4 heteroatoms. The van der Waals surface area contributed by atoms with E-state index in [0.717, 1.165) is 36.8 Å². The third-order valence-corrected chi connectivity index (χ3v) is 5.27. The van der Waals surface area contributed by atoms with Crippen molar-refractivity contribution < 1.29 is 10.2 Å². The molecule has 0 amide bonds. The van der Waals surface area contributed by atoms with Crippen molar-refractivity contribution >= 4 is 9.39 Å². The van der Waals surface area contributed by atoms with Gasteiger partial charge in [0.1, 0.15) is 11.5 Å². The van der Waals surface area contributed by atoms with Gasteiger partial charge in [0.2, 0.25) is 0 Å². The van der Waals surface area contributed by atoms with Crippen molar-refractivity contribution in [1.29, 1.82) is 0 Å². The van der Waals surface area contributed by atoms with Crippen LogP contribution in [0.3, 0.4) is 0 Å². The van der Waals surface area contributed by atoms with E-state index in [-0.39, 0.29) is 0 Å². The van der Waals surface area contributed by atoms with Gasteiger partial charge >= 0.3 is 0 Å². The SMILES string of the molecule is CN(C)P.Oc1ccc2c(c1-c1c(O)ccc3c1CCCC3)CCCC2. The lowest BCUT2D eigenvalue weighted by Crippen LogP contribution is -2.08. The van der Waals surface area contributed by atoms with Gasteiger partial charge in [-0.15, -0.1) is 0 Å². The highest BCUT2D eigenvalue weighted by molar-refractivity contribution is 7.13. The number of aromatic hydroxyl groups is 2. The summed E-state index contributed by atoms with van der Waals surface area (Å²) in [6.45, 7) is 0. The zero-order chi connectivity index (χ0) is 18.7. The summed E-state index contributed by atoms with van der Waals surface area (Å²) in [6, 6.07) is 7.72. The van der Waals surface area contributed by atoms with Crippen LogP contribution in [0.2, 0.25) is 0 Å². The Labute approximate surface area is 159 Å². The molecule has 1 atom stereocenters. The van der Waals surface area contributed by atoms with Crippen LogP contribution in [0, 0.1) is 0 Å². The summed E-state index contributed by atoms with van der Waals surface area (Å²) in [4.78, 5) is 0. The molecular formula is C22H30NO2P. The van der Waals surface area contributed by atoms with Gasteiger partial charge in [0, 0.05) is 11.1 Å². The minimum Gasteiger partial charge on any atom is -0.507 e. The number of hydrogen-bond acceptors (Lipinski definition) is 3. The Morgan fingerprint density at radius 1 is 0.692 bits per heavy atom. The Kier molecular flexibility index (Phi) is 6.21. The molecule has 0 heterocycles. The van der Waals surface area contributed by atoms with Gasteiger partial charge in [0.05, 0.1) is 0 Å². The van der Waals surface area contributed by atoms with Crippen molar-refractivity contribution in [2.75, 3.05) is 14.1 Å². The first-order valence-corrected chi connectivity index (χ1v) is 10.1. The van der Waals surface area contributed by atoms with Crippen LogP contribution >= 0.6 is 9.39 Å². The van der Waals surface area contributed by atoms with E-state index < -0.39 is 0 Å². The molecule has 0 aromatic heterocycles. The molecule has 26 heavy (non-hydrogen) atoms. The molecule has 0 fully saturated rings. The largest absolute Gasteiger partial charge is 0.507 e. The number of rotatable bonds is 1. The first-order valence-electron chi connectivity index (χ1n) is 9.59. The molecule has 0 bridgehead atoms. The van der Waals surface area contributed by atoms with Gasteiger partial charge in [-0.25, -0.2) is 0 Å². The second-order valence-electron chi connectivity index (χ2n) is 7.57. The Hall–Kier alpha value is -1.57. The molecule has 140 valence electrons. The number of benzene rings is 2. The first-order chi connectivity index (χ1) is 12.5. The number of phenolic OH excluding ortho intramolecular Hbond substituents is 2. The summed E-state index contributed by atoms with van der Waals surface area (Å²) in [5.41, 5.74) is 6.97. The maximum Gasteiger partial charge on any atom is 0.123 e. The van der Waals surface area contributed by atoms with Crippen molar-refractivity contribution in [3.8, 4) is 22.6 Å². The Morgan fingerprint density at radius 3 is 1.42 bits per heavy atom. The van der Waals surface area contributed by atoms with Gasteiger partial charge in [-0.05, 0) is 99.8 Å². The molecule has 0 spiro atoms. The van der Waals surface area contributed by atoms with Crippen LogP contribution in [-0.4, -0.2) is 29.0 Å². The van der Waals surface area contributed by atoms with Crippen LogP contribution in [-0.2, 0) is 25.7 Å². The van der Waals surface area contributed by atoms with E-state index in [2.05, 4.69) is 21.5 Å². The van der Waals surface area contributed by atoms with E-state index in [1.165, 1.54) is 47.9 Å². The lowest BCUT2D eigenvalue weighted by molar-refractivity contribution is 0.466. The van der Waals surface area contributed by atoms with Gasteiger partial charge in [0.25, 0.3) is 0 Å². The zero-order valence-electron chi connectivity index (χ0n) is 15.9. The van der Waals surface area contributed by atoms with Crippen LogP contribution in [0.1, 0.15) is 47.9 Å². The molecule has 2 aromatic rings. The molecule has 2 N–H and O–H groups in total. The Morgan fingerprint density at radius 2 is 1.04 bits per heavy atom. The normalized spacial score (nSPS) is 15.7. The van der Waals surface area contributed by atoms with E-state index in [9.17, 15) is 10.2 Å². The van der Waals surface area contributed by atoms with Crippen LogP contribution in [0.4, 0.5) is 0 Å². The van der Waals surface area contributed by atoms with Gasteiger partial charge in [-0.2, -0.15) is 0 Å². The maximum absolute atomic E-state index is 10.5. The first kappa shape index (κ1) is 19.2. The predicted octanol–water partition coefficient (Wildman–Crippen LogP) is 4.86. The van der Waals surface area contributed by atoms with E-state index in [0.29, 0.717) is 11.5 Å². The lowest BCUT2D eigenvalue weighted by Gasteiger charge is -2.25. The standard InChI is InChI=1S/C20H22O2.C2H8NP/c21-17-11-9-13-5-1-3-7-15(13)19(17)20-16-8-4-2-6-14(16)10-12-18(20)22;1-3(2)4/h9-12,21-22H,1-8H2;4H2,1-2H3. The molecule has 3 nitrogen and oxygen atoms in total. The van der Waals surface area contributed by atoms with Crippen LogP contribution in [0.5, 0.6) is 11.5 Å². The topological polar surface area (TPSA) is 43.7 Å². The fourth-order valence-electron chi connectivity index (χ4n) is 4.19. The zero-order valence-corrected chi connectivity index (χ0v) is 17.0. The van der Waals surface area contributed by atoms with E-state index in [4.69, 9.17) is 0 Å². The highest BCUT2D eigenvalue weighted by atomic mass is 31.0. The minimum absolute atomic E-state index is 0.315. The van der Waals surface area contributed by atoms with Crippen molar-refractivity contribution in [1.82, 2.24) is 4.67 Å². The predicted molar refractivity (Wildman–Crippen MR) is 112 cm³/mol. The quantitative estimate of drug-likeness (QED) is 0.704. The summed E-state index contributed by atoms with van der Waals surface area (Å²) in [6.07, 6.45) is 8.94. The second-order valence-corrected chi connectivity index (χ2v) is 8.61. The summed E-state index contributed by atoms with van der Waals surface area (Å²) in [5.74, 6) is 0.629. The average Bonchev–Trinajstić information content (AvgIpc) is 2.62. The minimum atomic E-state index is 0.315. The summed E-state index contributed by atoms with van der Waals surface area (Å²) in [7, 11) is 6.42. The maximum atomic E-state index is 10.5. The lowest BCUT2D eigenvalue weighted by atomic mass is 9.80.